The predicted molar refractivity (Wildman–Crippen MR) is 64.2 cm³/mol. The van der Waals surface area contributed by atoms with Crippen LogP contribution in [0.25, 0.3) is 0 Å². The van der Waals surface area contributed by atoms with Crippen molar-refractivity contribution in [1.29, 1.82) is 0 Å². The molecule has 2 heteroatoms. The maximum absolute atomic E-state index is 5.83. The van der Waals surface area contributed by atoms with Crippen molar-refractivity contribution in [2.45, 2.75) is 32.5 Å². The zero-order valence-electron chi connectivity index (χ0n) is 10.1. The third kappa shape index (κ3) is 2.83. The van der Waals surface area contributed by atoms with Gasteiger partial charge in [-0.3, -0.25) is 0 Å². The number of ether oxygens (including phenoxy) is 2. The van der Waals surface area contributed by atoms with E-state index in [9.17, 15) is 0 Å². The van der Waals surface area contributed by atoms with Crippen LogP contribution in [0.1, 0.15) is 25.8 Å². The van der Waals surface area contributed by atoms with Gasteiger partial charge in [0.15, 0.2) is 5.79 Å². The van der Waals surface area contributed by atoms with E-state index in [1.165, 1.54) is 5.56 Å². The van der Waals surface area contributed by atoms with E-state index >= 15 is 0 Å². The molecular formula is C14H20O2. The van der Waals surface area contributed by atoms with Crippen LogP contribution in [0.4, 0.5) is 0 Å². The van der Waals surface area contributed by atoms with Crippen LogP contribution in [0.5, 0.6) is 0 Å². The lowest BCUT2D eigenvalue weighted by atomic mass is 9.96. The molecule has 0 N–H and O–H groups in total. The number of benzene rings is 1. The fourth-order valence-corrected chi connectivity index (χ4v) is 2.32. The Kier molecular flexibility index (Phi) is 3.62. The zero-order valence-corrected chi connectivity index (χ0v) is 10.1. The molecule has 1 aromatic rings. The third-order valence-corrected chi connectivity index (χ3v) is 2.85. The highest BCUT2D eigenvalue weighted by Crippen LogP contribution is 2.30. The maximum atomic E-state index is 5.83. The fraction of sp³-hybridized carbons (Fsp3) is 0.571. The second-order valence-electron chi connectivity index (χ2n) is 4.87. The first-order chi connectivity index (χ1) is 7.70. The first-order valence-corrected chi connectivity index (χ1v) is 6.02. The van der Waals surface area contributed by atoms with Crippen molar-refractivity contribution in [1.82, 2.24) is 0 Å². The van der Waals surface area contributed by atoms with E-state index < -0.39 is 0 Å². The molecule has 0 atom stereocenters. The Morgan fingerprint density at radius 1 is 1.12 bits per heavy atom. The third-order valence-electron chi connectivity index (χ3n) is 2.85. The first-order valence-electron chi connectivity index (χ1n) is 6.02. The van der Waals surface area contributed by atoms with Gasteiger partial charge in [-0.15, -0.1) is 0 Å². The van der Waals surface area contributed by atoms with Crippen LogP contribution < -0.4 is 0 Å². The summed E-state index contributed by atoms with van der Waals surface area (Å²) in [6.45, 7) is 5.86. The Morgan fingerprint density at radius 2 is 1.75 bits per heavy atom. The van der Waals surface area contributed by atoms with Gasteiger partial charge in [0.1, 0.15) is 0 Å². The molecule has 0 aliphatic carbocycles. The second kappa shape index (κ2) is 4.98. The van der Waals surface area contributed by atoms with E-state index in [-0.39, 0.29) is 5.79 Å². The van der Waals surface area contributed by atoms with Crippen molar-refractivity contribution < 1.29 is 9.47 Å². The molecule has 0 unspecified atom stereocenters. The molecule has 0 saturated carbocycles. The first kappa shape index (κ1) is 11.6. The average molecular weight is 220 g/mol. The van der Waals surface area contributed by atoms with Crippen molar-refractivity contribution in [3.63, 3.8) is 0 Å². The molecule has 0 amide bonds. The molecule has 88 valence electrons. The van der Waals surface area contributed by atoms with Crippen LogP contribution in [0, 0.1) is 5.92 Å². The lowest BCUT2D eigenvalue weighted by molar-refractivity contribution is -0.167. The van der Waals surface area contributed by atoms with E-state index in [2.05, 4.69) is 38.1 Å². The minimum absolute atomic E-state index is 0.379. The van der Waals surface area contributed by atoms with Crippen LogP contribution in [0.2, 0.25) is 0 Å². The highest BCUT2D eigenvalue weighted by Gasteiger charge is 2.37. The molecule has 0 aromatic heterocycles. The summed E-state index contributed by atoms with van der Waals surface area (Å²) in [4.78, 5) is 0. The van der Waals surface area contributed by atoms with E-state index in [0.29, 0.717) is 5.92 Å². The van der Waals surface area contributed by atoms with Gasteiger partial charge in [0, 0.05) is 12.8 Å². The molecular weight excluding hydrogens is 200 g/mol. The lowest BCUT2D eigenvalue weighted by Crippen LogP contribution is -2.34. The SMILES string of the molecule is CC(C)CC1(Cc2ccccc2)OCCO1. The van der Waals surface area contributed by atoms with Crippen molar-refractivity contribution in [3.8, 4) is 0 Å². The topological polar surface area (TPSA) is 18.5 Å². The minimum Gasteiger partial charge on any atom is -0.347 e. The summed E-state index contributed by atoms with van der Waals surface area (Å²) in [7, 11) is 0. The summed E-state index contributed by atoms with van der Waals surface area (Å²) in [5, 5.41) is 0. The Bertz CT molecular complexity index is 313. The van der Waals surface area contributed by atoms with Crippen molar-refractivity contribution in [3.05, 3.63) is 35.9 Å². The Hall–Kier alpha value is -0.860. The van der Waals surface area contributed by atoms with Crippen molar-refractivity contribution >= 4 is 0 Å². The Balaban J connectivity index is 2.08. The minimum atomic E-state index is -0.379. The van der Waals surface area contributed by atoms with Gasteiger partial charge in [-0.25, -0.2) is 0 Å². The molecule has 0 spiro atoms. The Morgan fingerprint density at radius 3 is 2.31 bits per heavy atom. The van der Waals surface area contributed by atoms with E-state index in [1.54, 1.807) is 0 Å². The van der Waals surface area contributed by atoms with Gasteiger partial charge in [-0.2, -0.15) is 0 Å². The van der Waals surface area contributed by atoms with E-state index in [1.807, 2.05) is 6.07 Å². The number of rotatable bonds is 4. The predicted octanol–water partition coefficient (Wildman–Crippen LogP) is 3.02. The average Bonchev–Trinajstić information content (AvgIpc) is 2.66. The standard InChI is InChI=1S/C14H20O2/c1-12(2)10-14(15-8-9-16-14)11-13-6-4-3-5-7-13/h3-7,12H,8-11H2,1-2H3. The smallest absolute Gasteiger partial charge is 0.172 e. The fourth-order valence-electron chi connectivity index (χ4n) is 2.32. The summed E-state index contributed by atoms with van der Waals surface area (Å²) in [5.74, 6) is 0.206. The molecule has 1 aliphatic heterocycles. The highest BCUT2D eigenvalue weighted by molar-refractivity contribution is 5.16. The summed E-state index contributed by atoms with van der Waals surface area (Å²) in [6, 6.07) is 10.4. The zero-order chi connectivity index (χ0) is 11.4. The van der Waals surface area contributed by atoms with Gasteiger partial charge < -0.3 is 9.47 Å². The normalized spacial score (nSPS) is 19.2. The molecule has 1 aromatic carbocycles. The summed E-state index contributed by atoms with van der Waals surface area (Å²) in [6.07, 6.45) is 1.81. The summed E-state index contributed by atoms with van der Waals surface area (Å²) < 4.78 is 11.7. The molecule has 1 heterocycles. The van der Waals surface area contributed by atoms with Gasteiger partial charge in [-0.1, -0.05) is 44.2 Å². The molecule has 1 aliphatic rings. The molecule has 2 nitrogen and oxygen atoms in total. The molecule has 16 heavy (non-hydrogen) atoms. The van der Waals surface area contributed by atoms with Crippen molar-refractivity contribution in [2.24, 2.45) is 5.92 Å². The van der Waals surface area contributed by atoms with E-state index in [4.69, 9.17) is 9.47 Å². The van der Waals surface area contributed by atoms with Crippen LogP contribution in [0.15, 0.2) is 30.3 Å². The molecule has 0 bridgehead atoms. The molecule has 0 radical (unpaired) electrons. The van der Waals surface area contributed by atoms with Gasteiger partial charge in [0.05, 0.1) is 13.2 Å². The monoisotopic (exact) mass is 220 g/mol. The highest BCUT2D eigenvalue weighted by atomic mass is 16.7. The van der Waals surface area contributed by atoms with Gasteiger partial charge in [0.2, 0.25) is 0 Å². The maximum Gasteiger partial charge on any atom is 0.172 e. The van der Waals surface area contributed by atoms with Gasteiger partial charge >= 0.3 is 0 Å². The Labute approximate surface area is 97.6 Å². The summed E-state index contributed by atoms with van der Waals surface area (Å²) >= 11 is 0. The number of hydrogen-bond donors (Lipinski definition) is 0. The van der Waals surface area contributed by atoms with Crippen LogP contribution >= 0.6 is 0 Å². The van der Waals surface area contributed by atoms with Crippen LogP contribution in [-0.4, -0.2) is 19.0 Å². The largest absolute Gasteiger partial charge is 0.347 e. The van der Waals surface area contributed by atoms with Gasteiger partial charge in [0.25, 0.3) is 0 Å². The van der Waals surface area contributed by atoms with Crippen molar-refractivity contribution in [2.75, 3.05) is 13.2 Å². The van der Waals surface area contributed by atoms with Crippen LogP contribution in [-0.2, 0) is 15.9 Å². The molecule has 2 rings (SSSR count). The molecule has 1 saturated heterocycles. The van der Waals surface area contributed by atoms with E-state index in [0.717, 1.165) is 26.1 Å². The molecule has 1 fully saturated rings. The quantitative estimate of drug-likeness (QED) is 0.776. The lowest BCUT2D eigenvalue weighted by Gasteiger charge is -2.29. The number of hydrogen-bond acceptors (Lipinski definition) is 2. The van der Waals surface area contributed by atoms with Gasteiger partial charge in [-0.05, 0) is 11.5 Å². The second-order valence-corrected chi connectivity index (χ2v) is 4.87. The van der Waals surface area contributed by atoms with Crippen LogP contribution in [0.3, 0.4) is 0 Å². The summed E-state index contributed by atoms with van der Waals surface area (Å²) in [5.41, 5.74) is 1.28.